The largest absolute Gasteiger partial charge is 0.351 e. The van der Waals surface area contributed by atoms with Gasteiger partial charge < -0.3 is 11.1 Å². The summed E-state index contributed by atoms with van der Waals surface area (Å²) in [4.78, 5) is 11.8. The lowest BCUT2D eigenvalue weighted by molar-refractivity contribution is -0.122. The van der Waals surface area contributed by atoms with Crippen LogP contribution in [0.5, 0.6) is 0 Å². The van der Waals surface area contributed by atoms with Gasteiger partial charge in [0.15, 0.2) is 0 Å². The van der Waals surface area contributed by atoms with E-state index in [0.29, 0.717) is 6.04 Å². The van der Waals surface area contributed by atoms with Crippen molar-refractivity contribution in [1.29, 1.82) is 0 Å². The number of rotatable bonds is 4. The fourth-order valence-electron chi connectivity index (χ4n) is 4.23. The molecule has 0 aromatic carbocycles. The number of nitrogens with two attached hydrogens (primary N) is 1. The van der Waals surface area contributed by atoms with E-state index in [0.717, 1.165) is 36.5 Å². The summed E-state index contributed by atoms with van der Waals surface area (Å²) < 4.78 is 0. The highest BCUT2D eigenvalue weighted by Gasteiger charge is 2.65. The van der Waals surface area contributed by atoms with Gasteiger partial charge in [-0.05, 0) is 49.4 Å². The first-order valence-electron chi connectivity index (χ1n) is 6.78. The van der Waals surface area contributed by atoms with Crippen molar-refractivity contribution in [2.75, 3.05) is 0 Å². The van der Waals surface area contributed by atoms with Gasteiger partial charge in [-0.3, -0.25) is 4.79 Å². The molecule has 0 heterocycles. The molecular formula is C13H22N2O. The lowest BCUT2D eigenvalue weighted by atomic mass is 10.0. The van der Waals surface area contributed by atoms with Crippen LogP contribution in [0.4, 0.5) is 0 Å². The van der Waals surface area contributed by atoms with E-state index in [1.807, 2.05) is 0 Å². The third-order valence-corrected chi connectivity index (χ3v) is 4.98. The molecule has 3 N–H and O–H groups in total. The topological polar surface area (TPSA) is 55.1 Å². The molecule has 0 spiro atoms. The standard InChI is InChI=1S/C13H22N2O/c1-2-3-9(14)13(16)15-12-10-7-4-5-8(6-7)11(10)12/h7-12H,2-6,14H2,1H3,(H,15,16)/t7?,8?,9-,10?,11?,12?/m0/s1. The lowest BCUT2D eigenvalue weighted by Crippen LogP contribution is -2.42. The summed E-state index contributed by atoms with van der Waals surface area (Å²) in [6, 6.07) is 0.200. The number of fused-ring (bicyclic) bond motifs is 5. The molecule has 0 radical (unpaired) electrons. The van der Waals surface area contributed by atoms with E-state index in [1.165, 1.54) is 19.3 Å². The minimum Gasteiger partial charge on any atom is -0.351 e. The molecule has 3 rings (SSSR count). The van der Waals surface area contributed by atoms with E-state index in [9.17, 15) is 4.79 Å². The van der Waals surface area contributed by atoms with E-state index in [2.05, 4.69) is 12.2 Å². The van der Waals surface area contributed by atoms with Crippen LogP contribution >= 0.6 is 0 Å². The maximum Gasteiger partial charge on any atom is 0.237 e. The van der Waals surface area contributed by atoms with E-state index >= 15 is 0 Å². The minimum atomic E-state index is -0.288. The van der Waals surface area contributed by atoms with Crippen LogP contribution < -0.4 is 11.1 Å². The van der Waals surface area contributed by atoms with Gasteiger partial charge in [0.25, 0.3) is 0 Å². The molecule has 0 aromatic heterocycles. The summed E-state index contributed by atoms with van der Waals surface area (Å²) in [5.74, 6) is 3.55. The number of hydrogen-bond donors (Lipinski definition) is 2. The lowest BCUT2D eigenvalue weighted by Gasteiger charge is -2.14. The maximum absolute atomic E-state index is 11.8. The Morgan fingerprint density at radius 3 is 2.56 bits per heavy atom. The summed E-state index contributed by atoms with van der Waals surface area (Å²) in [6.45, 7) is 2.07. The van der Waals surface area contributed by atoms with Gasteiger partial charge in [-0.25, -0.2) is 0 Å². The third kappa shape index (κ3) is 1.48. The number of nitrogens with one attached hydrogen (secondary N) is 1. The molecule has 2 bridgehead atoms. The van der Waals surface area contributed by atoms with Crippen LogP contribution in [-0.2, 0) is 4.79 Å². The first-order chi connectivity index (χ1) is 7.72. The van der Waals surface area contributed by atoms with E-state index < -0.39 is 0 Å². The average Bonchev–Trinajstić information content (AvgIpc) is 2.69. The van der Waals surface area contributed by atoms with Gasteiger partial charge in [0.1, 0.15) is 0 Å². The predicted octanol–water partition coefficient (Wildman–Crippen LogP) is 1.27. The van der Waals surface area contributed by atoms with Crippen molar-refractivity contribution in [3.8, 4) is 0 Å². The molecule has 3 heteroatoms. The summed E-state index contributed by atoms with van der Waals surface area (Å²) in [7, 11) is 0. The fourth-order valence-corrected chi connectivity index (χ4v) is 4.23. The molecule has 0 aliphatic heterocycles. The van der Waals surface area contributed by atoms with Gasteiger partial charge in [-0.15, -0.1) is 0 Å². The Hall–Kier alpha value is -0.570. The van der Waals surface area contributed by atoms with Crippen molar-refractivity contribution < 1.29 is 4.79 Å². The Bertz CT molecular complexity index is 288. The zero-order valence-electron chi connectivity index (χ0n) is 9.99. The molecule has 3 aliphatic carbocycles. The Kier molecular flexibility index (Phi) is 2.46. The molecule has 3 saturated carbocycles. The molecule has 16 heavy (non-hydrogen) atoms. The van der Waals surface area contributed by atoms with Crippen LogP contribution in [0.1, 0.15) is 39.0 Å². The van der Waals surface area contributed by atoms with E-state index in [1.54, 1.807) is 0 Å². The zero-order valence-corrected chi connectivity index (χ0v) is 9.99. The number of amides is 1. The molecular weight excluding hydrogens is 200 g/mol. The average molecular weight is 222 g/mol. The monoisotopic (exact) mass is 222 g/mol. The molecule has 0 saturated heterocycles. The molecule has 3 fully saturated rings. The van der Waals surface area contributed by atoms with Crippen LogP contribution in [-0.4, -0.2) is 18.0 Å². The normalized spacial score (nSPS) is 45.2. The smallest absolute Gasteiger partial charge is 0.237 e. The van der Waals surface area contributed by atoms with Crippen LogP contribution in [0.25, 0.3) is 0 Å². The van der Waals surface area contributed by atoms with Gasteiger partial charge >= 0.3 is 0 Å². The number of carbonyl (C=O) groups is 1. The van der Waals surface area contributed by atoms with Crippen molar-refractivity contribution in [3.63, 3.8) is 0 Å². The summed E-state index contributed by atoms with van der Waals surface area (Å²) >= 11 is 0. The summed E-state index contributed by atoms with van der Waals surface area (Å²) in [5.41, 5.74) is 5.83. The van der Waals surface area contributed by atoms with Crippen LogP contribution in [0.15, 0.2) is 0 Å². The zero-order chi connectivity index (χ0) is 11.3. The number of hydrogen-bond acceptors (Lipinski definition) is 2. The SMILES string of the molecule is CCC[C@H](N)C(=O)NC1C2C3CCC(C3)C12. The van der Waals surface area contributed by atoms with E-state index in [4.69, 9.17) is 5.73 Å². The Morgan fingerprint density at radius 1 is 1.38 bits per heavy atom. The third-order valence-electron chi connectivity index (χ3n) is 4.98. The van der Waals surface area contributed by atoms with Crippen LogP contribution in [0, 0.1) is 23.7 Å². The molecule has 90 valence electrons. The summed E-state index contributed by atoms with van der Waals surface area (Å²) in [6.07, 6.45) is 6.03. The Balaban J connectivity index is 1.53. The molecule has 5 atom stereocenters. The first-order valence-corrected chi connectivity index (χ1v) is 6.78. The van der Waals surface area contributed by atoms with E-state index in [-0.39, 0.29) is 11.9 Å². The summed E-state index contributed by atoms with van der Waals surface area (Å²) in [5, 5.41) is 3.18. The van der Waals surface area contributed by atoms with Crippen molar-refractivity contribution in [1.82, 2.24) is 5.32 Å². The van der Waals surface area contributed by atoms with Gasteiger partial charge in [0, 0.05) is 6.04 Å². The molecule has 4 unspecified atom stereocenters. The Labute approximate surface area is 97.2 Å². The quantitative estimate of drug-likeness (QED) is 0.752. The highest BCUT2D eigenvalue weighted by molar-refractivity contribution is 5.82. The van der Waals surface area contributed by atoms with Crippen molar-refractivity contribution >= 4 is 5.91 Å². The molecule has 3 aliphatic rings. The molecule has 3 nitrogen and oxygen atoms in total. The van der Waals surface area contributed by atoms with Crippen LogP contribution in [0.2, 0.25) is 0 Å². The van der Waals surface area contributed by atoms with Crippen molar-refractivity contribution in [3.05, 3.63) is 0 Å². The second-order valence-electron chi connectivity index (χ2n) is 5.92. The Morgan fingerprint density at radius 2 is 2.00 bits per heavy atom. The highest BCUT2D eigenvalue weighted by Crippen LogP contribution is 2.65. The second-order valence-corrected chi connectivity index (χ2v) is 5.92. The first kappa shape index (κ1) is 10.6. The van der Waals surface area contributed by atoms with Crippen LogP contribution in [0.3, 0.4) is 0 Å². The molecule has 1 amide bonds. The maximum atomic E-state index is 11.8. The van der Waals surface area contributed by atoms with Crippen molar-refractivity contribution in [2.24, 2.45) is 29.4 Å². The second kappa shape index (κ2) is 3.73. The van der Waals surface area contributed by atoms with Gasteiger partial charge in [-0.1, -0.05) is 13.3 Å². The van der Waals surface area contributed by atoms with Gasteiger partial charge in [0.2, 0.25) is 5.91 Å². The number of carbonyl (C=O) groups excluding carboxylic acids is 1. The minimum absolute atomic E-state index is 0.0839. The van der Waals surface area contributed by atoms with Crippen molar-refractivity contribution in [2.45, 2.75) is 51.1 Å². The van der Waals surface area contributed by atoms with Gasteiger partial charge in [-0.2, -0.15) is 0 Å². The molecule has 0 aromatic rings. The highest BCUT2D eigenvalue weighted by atomic mass is 16.2. The van der Waals surface area contributed by atoms with Gasteiger partial charge in [0.05, 0.1) is 6.04 Å². The predicted molar refractivity (Wildman–Crippen MR) is 62.6 cm³/mol. The fraction of sp³-hybridized carbons (Fsp3) is 0.923.